The minimum atomic E-state index is -1.64. The summed E-state index contributed by atoms with van der Waals surface area (Å²) in [6.45, 7) is 8.20. The first kappa shape index (κ1) is 49.8. The predicted octanol–water partition coefficient (Wildman–Crippen LogP) is 10.4. The number of alkyl halides is 1. The molecule has 0 radical (unpaired) electrons. The quantitative estimate of drug-likeness (QED) is 0.0172. The third kappa shape index (κ3) is 10.9. The Labute approximate surface area is 429 Å². The highest BCUT2D eigenvalue weighted by Crippen LogP contribution is 2.43. The van der Waals surface area contributed by atoms with E-state index in [0.29, 0.717) is 20.9 Å². The van der Waals surface area contributed by atoms with Gasteiger partial charge in [-0.15, -0.1) is 23.1 Å². The zero-order valence-electron chi connectivity index (χ0n) is 39.2. The number of nitrogens with one attached hydrogen (secondary N) is 2. The van der Waals surface area contributed by atoms with Gasteiger partial charge in [0.1, 0.15) is 33.9 Å². The van der Waals surface area contributed by atoms with E-state index in [1.54, 1.807) is 26.2 Å². The normalized spacial score (nSPS) is 16.4. The number of anilines is 1. The number of halogens is 1. The molecular weight excluding hydrogens is 1030 g/mol. The van der Waals surface area contributed by atoms with E-state index < -0.39 is 58.0 Å². The summed E-state index contributed by atoms with van der Waals surface area (Å²) in [7, 11) is 0. The van der Waals surface area contributed by atoms with Crippen LogP contribution in [0.5, 0.6) is 0 Å². The first-order valence-electron chi connectivity index (χ1n) is 22.6. The number of carbonyl (C=O) groups excluding carboxylic acids is 4. The molecule has 2 aliphatic heterocycles. The minimum Gasteiger partial charge on any atom is -0.457 e. The number of amides is 2. The van der Waals surface area contributed by atoms with Crippen LogP contribution in [0.15, 0.2) is 186 Å². The van der Waals surface area contributed by atoms with E-state index in [9.17, 15) is 19.2 Å². The Kier molecular flexibility index (Phi) is 15.4. The van der Waals surface area contributed by atoms with Crippen LogP contribution in [0.1, 0.15) is 74.2 Å². The van der Waals surface area contributed by atoms with E-state index in [4.69, 9.17) is 19.3 Å². The Morgan fingerprint density at radius 3 is 1.81 bits per heavy atom. The van der Waals surface area contributed by atoms with Crippen molar-refractivity contribution in [3.63, 3.8) is 0 Å². The average Bonchev–Trinajstić information content (AvgIpc) is 3.84. The second-order valence-corrected chi connectivity index (χ2v) is 20.8. The SMILES string of the molecule is CC(C)(C)OC(=O)C(C)(C)O/N=C(\C(=O)NC1C(=O)N2C(C(=O)OC(c3ccccc3)c3ccccc3)=C(/C=C/CI)CS[C@H]12)c1csc(NC(c2ccccc2)(c2ccccc2)c2ccccc2)n1. The number of carbonyl (C=O) groups is 4. The molecule has 2 aliphatic rings. The third-order valence-corrected chi connectivity index (χ3v) is 14.0. The van der Waals surface area contributed by atoms with Gasteiger partial charge in [0, 0.05) is 15.6 Å². The van der Waals surface area contributed by atoms with Gasteiger partial charge in [0.25, 0.3) is 11.8 Å². The Balaban J connectivity index is 1.12. The maximum atomic E-state index is 14.7. The number of hydrogen-bond donors (Lipinski definition) is 2. The summed E-state index contributed by atoms with van der Waals surface area (Å²) in [6.07, 6.45) is 3.01. The molecule has 0 saturated carbocycles. The summed E-state index contributed by atoms with van der Waals surface area (Å²) in [5.41, 5.74) is 1.53. The van der Waals surface area contributed by atoms with Gasteiger partial charge >= 0.3 is 11.9 Å². The number of thiazole rings is 1. The van der Waals surface area contributed by atoms with Crippen molar-refractivity contribution in [3.05, 3.63) is 214 Å². The molecule has 2 N–H and O–H groups in total. The van der Waals surface area contributed by atoms with Crippen molar-refractivity contribution < 1.29 is 33.5 Å². The molecule has 70 heavy (non-hydrogen) atoms. The van der Waals surface area contributed by atoms with E-state index in [1.165, 1.54) is 41.8 Å². The highest BCUT2D eigenvalue weighted by atomic mass is 127. The molecule has 2 atom stereocenters. The number of hydrogen-bond acceptors (Lipinski definition) is 12. The maximum Gasteiger partial charge on any atom is 0.356 e. The van der Waals surface area contributed by atoms with Gasteiger partial charge in [-0.05, 0) is 68.0 Å². The van der Waals surface area contributed by atoms with E-state index >= 15 is 0 Å². The molecule has 15 heteroatoms. The Morgan fingerprint density at radius 1 is 0.800 bits per heavy atom. The first-order valence-corrected chi connectivity index (χ1v) is 26.1. The number of esters is 2. The summed E-state index contributed by atoms with van der Waals surface area (Å²) in [4.78, 5) is 69.2. The van der Waals surface area contributed by atoms with Gasteiger partial charge in [0.2, 0.25) is 5.60 Å². The highest BCUT2D eigenvalue weighted by Gasteiger charge is 2.55. The first-order chi connectivity index (χ1) is 33.7. The van der Waals surface area contributed by atoms with Gasteiger partial charge in [-0.25, -0.2) is 14.6 Å². The summed E-state index contributed by atoms with van der Waals surface area (Å²) < 4.78 is 12.6. The number of aromatic nitrogens is 1. The lowest BCUT2D eigenvalue weighted by atomic mass is 9.77. The number of rotatable bonds is 17. The van der Waals surface area contributed by atoms with Crippen LogP contribution in [-0.2, 0) is 39.0 Å². The summed E-state index contributed by atoms with van der Waals surface area (Å²) >= 11 is 4.88. The van der Waals surface area contributed by atoms with Crippen molar-refractivity contribution in [2.75, 3.05) is 15.5 Å². The van der Waals surface area contributed by atoms with Gasteiger partial charge in [0.05, 0.1) is 0 Å². The molecule has 8 rings (SSSR count). The average molecular weight is 1090 g/mol. The molecule has 358 valence electrons. The number of oxime groups is 1. The Morgan fingerprint density at radius 2 is 1.31 bits per heavy atom. The summed E-state index contributed by atoms with van der Waals surface area (Å²) in [5, 5.41) is 12.4. The van der Waals surface area contributed by atoms with Crippen molar-refractivity contribution in [2.45, 2.75) is 68.9 Å². The number of allylic oxidation sites excluding steroid dienone is 2. The molecule has 2 amide bonds. The highest BCUT2D eigenvalue weighted by molar-refractivity contribution is 14.1. The number of thioether (sulfide) groups is 1. The van der Waals surface area contributed by atoms with Crippen molar-refractivity contribution in [3.8, 4) is 0 Å². The zero-order chi connectivity index (χ0) is 49.5. The third-order valence-electron chi connectivity index (χ3n) is 11.4. The van der Waals surface area contributed by atoms with E-state index in [1.807, 2.05) is 164 Å². The molecule has 1 fully saturated rings. The maximum absolute atomic E-state index is 14.7. The molecule has 5 aromatic carbocycles. The van der Waals surface area contributed by atoms with Gasteiger partial charge in [-0.2, -0.15) is 0 Å². The molecule has 1 aromatic heterocycles. The van der Waals surface area contributed by atoms with Crippen LogP contribution in [0.3, 0.4) is 0 Å². The zero-order valence-corrected chi connectivity index (χ0v) is 43.0. The fraction of sp³-hybridized carbons (Fsp3) is 0.236. The van der Waals surface area contributed by atoms with Gasteiger partial charge in [-0.3, -0.25) is 14.5 Å². The monoisotopic (exact) mass is 1090 g/mol. The lowest BCUT2D eigenvalue weighted by Gasteiger charge is -2.49. The number of fused-ring (bicyclic) bond motifs is 1. The second kappa shape index (κ2) is 21.6. The Bertz CT molecular complexity index is 2770. The minimum absolute atomic E-state index is 0.113. The molecule has 6 aromatic rings. The van der Waals surface area contributed by atoms with Crippen LogP contribution in [0.25, 0.3) is 0 Å². The second-order valence-electron chi connectivity index (χ2n) is 18.0. The molecule has 12 nitrogen and oxygen atoms in total. The van der Waals surface area contributed by atoms with E-state index in [0.717, 1.165) is 27.8 Å². The molecule has 1 saturated heterocycles. The van der Waals surface area contributed by atoms with Crippen LogP contribution < -0.4 is 10.6 Å². The molecule has 0 spiro atoms. The number of ether oxygens (including phenoxy) is 2. The number of nitrogens with zero attached hydrogens (tertiary/aromatic N) is 3. The lowest BCUT2D eigenvalue weighted by Crippen LogP contribution is -2.71. The lowest BCUT2D eigenvalue weighted by molar-refractivity contribution is -0.179. The molecule has 3 heterocycles. The van der Waals surface area contributed by atoms with Crippen LogP contribution in [0.4, 0.5) is 5.13 Å². The van der Waals surface area contributed by atoms with Crippen molar-refractivity contribution in [1.29, 1.82) is 0 Å². The van der Waals surface area contributed by atoms with Crippen LogP contribution in [0.2, 0.25) is 0 Å². The van der Waals surface area contributed by atoms with Crippen molar-refractivity contribution in [1.82, 2.24) is 15.2 Å². The fourth-order valence-electron chi connectivity index (χ4n) is 8.09. The summed E-state index contributed by atoms with van der Waals surface area (Å²) in [5.74, 6) is -2.31. The summed E-state index contributed by atoms with van der Waals surface area (Å²) in [6, 6.07) is 47.8. The molecule has 0 bridgehead atoms. The van der Waals surface area contributed by atoms with Crippen LogP contribution in [0, 0.1) is 0 Å². The van der Waals surface area contributed by atoms with E-state index in [-0.39, 0.29) is 17.1 Å². The van der Waals surface area contributed by atoms with Crippen LogP contribution in [-0.4, -0.2) is 72.1 Å². The van der Waals surface area contributed by atoms with Gasteiger partial charge in [-0.1, -0.05) is 192 Å². The van der Waals surface area contributed by atoms with E-state index in [2.05, 4.69) is 38.4 Å². The van der Waals surface area contributed by atoms with Gasteiger partial charge < -0.3 is 24.9 Å². The molecule has 0 aliphatic carbocycles. The smallest absolute Gasteiger partial charge is 0.356 e. The van der Waals surface area contributed by atoms with Gasteiger partial charge in [0.15, 0.2) is 16.9 Å². The number of benzene rings is 5. The largest absolute Gasteiger partial charge is 0.457 e. The van der Waals surface area contributed by atoms with Crippen molar-refractivity contribution >= 4 is 80.3 Å². The Hall–Kier alpha value is -6.56. The topological polar surface area (TPSA) is 149 Å². The van der Waals surface area contributed by atoms with Crippen molar-refractivity contribution in [2.24, 2.45) is 5.16 Å². The molecular formula is C55H52IN5O7S2. The predicted molar refractivity (Wildman–Crippen MR) is 283 cm³/mol. The van der Waals surface area contributed by atoms with Crippen LogP contribution >= 0.6 is 45.7 Å². The standard InChI is InChI=1S/C55H52IN5O7S2/c1-53(2,3)67-51(65)54(4,5)68-60-43(42-35-70-52(57-42)59-55(39-27-15-8-16-28-39,40-29-17-9-18-30-40)41-31-19-10-20-32-41)47(62)58-44-48(63)61-45(38(26-21-33-56)34-69-49(44)61)50(64)66-46(36-22-11-6-12-23-36)37-24-13-7-14-25-37/h6-32,35,44,46,49H,33-34H2,1-5H3,(H,57,59)(H,58,62)/b26-21+,60-43-/t44?,49-/m1/s1. The fourth-order valence-corrected chi connectivity index (χ4v) is 10.4. The molecule has 1 unspecified atom stereocenters. The number of β-lactam (4-membered cyclic amide) rings is 1.